The normalized spacial score (nSPS) is 18.2. The van der Waals surface area contributed by atoms with Gasteiger partial charge in [0, 0.05) is 29.2 Å². The molecule has 2 aromatic heterocycles. The fourth-order valence-corrected chi connectivity index (χ4v) is 5.42. The summed E-state index contributed by atoms with van der Waals surface area (Å²) in [4.78, 5) is 8.62. The van der Waals surface area contributed by atoms with Crippen molar-refractivity contribution in [2.24, 2.45) is 0 Å². The Bertz CT molecular complexity index is 1190. The number of rotatable bonds is 3. The number of fused-ring (bicyclic) bond motifs is 1. The summed E-state index contributed by atoms with van der Waals surface area (Å²) in [6.45, 7) is 2.05. The largest absolute Gasteiger partial charge is 0.611 e. The van der Waals surface area contributed by atoms with Crippen LogP contribution in [0.2, 0.25) is 0 Å². The third-order valence-corrected chi connectivity index (χ3v) is 7.51. The Morgan fingerprint density at radius 2 is 1.70 bits per heavy atom. The van der Waals surface area contributed by atoms with E-state index >= 15 is 0 Å². The van der Waals surface area contributed by atoms with Crippen LogP contribution < -0.4 is 0 Å². The van der Waals surface area contributed by atoms with Crippen molar-refractivity contribution in [2.45, 2.75) is 29.9 Å². The third kappa shape index (κ3) is 3.44. The first-order valence-corrected chi connectivity index (χ1v) is 11.2. The smallest absolute Gasteiger partial charge is 0.156 e. The van der Waals surface area contributed by atoms with Crippen LogP contribution in [0.1, 0.15) is 18.9 Å². The summed E-state index contributed by atoms with van der Waals surface area (Å²) >= 11 is -0.938. The third-order valence-electron chi connectivity index (χ3n) is 5.72. The Morgan fingerprint density at radius 1 is 0.967 bits per heavy atom. The van der Waals surface area contributed by atoms with Crippen LogP contribution >= 0.6 is 0 Å². The molecular formula is C25H21FN2OS. The molecule has 0 aliphatic carbocycles. The van der Waals surface area contributed by atoms with E-state index in [1.165, 1.54) is 12.1 Å². The van der Waals surface area contributed by atoms with Crippen LogP contribution in [-0.2, 0) is 17.6 Å². The second kappa shape index (κ2) is 7.74. The Balaban J connectivity index is 1.62. The number of nitrogens with zero attached hydrogens (tertiary/aromatic N) is 1. The highest BCUT2D eigenvalue weighted by atomic mass is 32.2. The molecular weight excluding hydrogens is 395 g/mol. The zero-order chi connectivity index (χ0) is 20.7. The van der Waals surface area contributed by atoms with Crippen molar-refractivity contribution >= 4 is 11.2 Å². The van der Waals surface area contributed by atoms with Crippen LogP contribution in [0.4, 0.5) is 4.39 Å². The van der Waals surface area contributed by atoms with Gasteiger partial charge in [-0.2, -0.15) is 0 Å². The predicted octanol–water partition coefficient (Wildman–Crippen LogP) is 5.99. The Morgan fingerprint density at radius 3 is 2.47 bits per heavy atom. The van der Waals surface area contributed by atoms with Crippen LogP contribution in [0.15, 0.2) is 78.0 Å². The minimum absolute atomic E-state index is 0.206. The van der Waals surface area contributed by atoms with Crippen LogP contribution in [0, 0.1) is 5.82 Å². The van der Waals surface area contributed by atoms with Gasteiger partial charge in [-0.25, -0.2) is 4.39 Å². The van der Waals surface area contributed by atoms with Gasteiger partial charge in [-0.15, -0.1) is 0 Å². The predicted molar refractivity (Wildman–Crippen MR) is 119 cm³/mol. The highest BCUT2D eigenvalue weighted by Gasteiger charge is 2.28. The summed E-state index contributed by atoms with van der Waals surface area (Å²) in [6.07, 6.45) is 5.42. The first-order chi connectivity index (χ1) is 14.6. The van der Waals surface area contributed by atoms with E-state index in [0.29, 0.717) is 0 Å². The molecule has 0 radical (unpaired) electrons. The van der Waals surface area contributed by atoms with E-state index in [9.17, 15) is 8.94 Å². The van der Waals surface area contributed by atoms with Gasteiger partial charge in [-0.05, 0) is 108 Å². The molecule has 5 rings (SSSR count). The molecule has 1 aliphatic heterocycles. The lowest BCUT2D eigenvalue weighted by atomic mass is 10.0. The summed E-state index contributed by atoms with van der Waals surface area (Å²) in [7, 11) is 0. The molecule has 0 fully saturated rings. The zero-order valence-electron chi connectivity index (χ0n) is 16.6. The van der Waals surface area contributed by atoms with E-state index in [-0.39, 0.29) is 11.1 Å². The number of H-pyrrole nitrogens is 1. The van der Waals surface area contributed by atoms with Gasteiger partial charge in [0.05, 0.1) is 5.69 Å². The number of aryl methyl sites for hydroxylation is 1. The molecule has 2 atom stereocenters. The highest BCUT2D eigenvalue weighted by molar-refractivity contribution is 7.92. The van der Waals surface area contributed by atoms with Crippen LogP contribution in [0.3, 0.4) is 0 Å². The standard InChI is InChI=1S/C25H21FN2OS/c1-16-2-3-20-14-19(6-9-24(20)30(16)29)23-15-22(17-10-12-27-13-11-17)25(28-23)18-4-7-21(26)8-5-18/h4-16,28H,2-3H2,1H3. The van der Waals surface area contributed by atoms with Crippen LogP contribution in [0.25, 0.3) is 33.6 Å². The summed E-state index contributed by atoms with van der Waals surface area (Å²) in [5.74, 6) is -0.257. The molecule has 3 nitrogen and oxygen atoms in total. The van der Waals surface area contributed by atoms with Gasteiger partial charge in [0.25, 0.3) is 0 Å². The fraction of sp³-hybridized carbons (Fsp3) is 0.160. The summed E-state index contributed by atoms with van der Waals surface area (Å²) in [6, 6.07) is 18.8. The molecule has 150 valence electrons. The molecule has 30 heavy (non-hydrogen) atoms. The monoisotopic (exact) mass is 416 g/mol. The number of aromatic nitrogens is 2. The van der Waals surface area contributed by atoms with Gasteiger partial charge in [0.1, 0.15) is 11.1 Å². The first kappa shape index (κ1) is 19.1. The second-order valence-electron chi connectivity index (χ2n) is 7.68. The molecule has 5 heteroatoms. The quantitative estimate of drug-likeness (QED) is 0.417. The van der Waals surface area contributed by atoms with Crippen LogP contribution in [0.5, 0.6) is 0 Å². The van der Waals surface area contributed by atoms with E-state index in [0.717, 1.165) is 56.9 Å². The molecule has 1 N–H and O–H groups in total. The number of hydrogen-bond acceptors (Lipinski definition) is 2. The van der Waals surface area contributed by atoms with E-state index in [2.05, 4.69) is 22.1 Å². The maximum Gasteiger partial charge on any atom is 0.156 e. The SMILES string of the molecule is CC1CCc2cc(-c3cc(-c4ccncc4)c(-c4ccc(F)cc4)[nH]3)ccc2[S+]1[O-]. The highest BCUT2D eigenvalue weighted by Crippen LogP contribution is 2.38. The van der Waals surface area contributed by atoms with Gasteiger partial charge in [0.2, 0.25) is 0 Å². The topological polar surface area (TPSA) is 51.7 Å². The van der Waals surface area contributed by atoms with Crippen molar-refractivity contribution in [3.63, 3.8) is 0 Å². The number of pyridine rings is 1. The molecule has 0 saturated carbocycles. The van der Waals surface area contributed by atoms with Crippen LogP contribution in [-0.4, -0.2) is 19.8 Å². The number of benzene rings is 2. The molecule has 0 spiro atoms. The minimum atomic E-state index is -0.938. The number of hydrogen-bond donors (Lipinski definition) is 1. The van der Waals surface area contributed by atoms with Crippen molar-refractivity contribution in [1.82, 2.24) is 9.97 Å². The van der Waals surface area contributed by atoms with Gasteiger partial charge in [0.15, 0.2) is 4.90 Å². The molecule has 0 bridgehead atoms. The zero-order valence-corrected chi connectivity index (χ0v) is 17.4. The van der Waals surface area contributed by atoms with Crippen molar-refractivity contribution < 1.29 is 8.94 Å². The fourth-order valence-electron chi connectivity index (χ4n) is 4.03. The summed E-state index contributed by atoms with van der Waals surface area (Å²) in [5.41, 5.74) is 7.13. The maximum absolute atomic E-state index is 13.5. The molecule has 2 unspecified atom stereocenters. The van der Waals surface area contributed by atoms with Crippen molar-refractivity contribution in [3.8, 4) is 33.6 Å². The first-order valence-electron chi connectivity index (χ1n) is 10.0. The summed E-state index contributed by atoms with van der Waals surface area (Å²) < 4.78 is 26.1. The second-order valence-corrected chi connectivity index (χ2v) is 9.52. The lowest BCUT2D eigenvalue weighted by Crippen LogP contribution is -2.24. The van der Waals surface area contributed by atoms with Gasteiger partial charge in [-0.3, -0.25) is 4.98 Å². The van der Waals surface area contributed by atoms with E-state index in [1.807, 2.05) is 31.2 Å². The summed E-state index contributed by atoms with van der Waals surface area (Å²) in [5, 5.41) is 0.206. The van der Waals surface area contributed by atoms with E-state index in [4.69, 9.17) is 0 Å². The number of halogens is 1. The lowest BCUT2D eigenvalue weighted by molar-refractivity contribution is 0.566. The Hall–Kier alpha value is -2.89. The average Bonchev–Trinajstić information content (AvgIpc) is 3.23. The molecule has 1 aliphatic rings. The van der Waals surface area contributed by atoms with Crippen molar-refractivity contribution in [2.75, 3.05) is 0 Å². The van der Waals surface area contributed by atoms with Gasteiger partial charge < -0.3 is 9.54 Å². The van der Waals surface area contributed by atoms with E-state index in [1.54, 1.807) is 24.5 Å². The number of nitrogens with one attached hydrogen (secondary N) is 1. The van der Waals surface area contributed by atoms with Gasteiger partial charge in [-0.1, -0.05) is 0 Å². The van der Waals surface area contributed by atoms with Gasteiger partial charge >= 0.3 is 0 Å². The Kier molecular flexibility index (Phi) is 4.93. The lowest BCUT2D eigenvalue weighted by Gasteiger charge is -2.25. The molecule has 2 aromatic carbocycles. The molecule has 4 aromatic rings. The van der Waals surface area contributed by atoms with Crippen molar-refractivity contribution in [3.05, 3.63) is 84.4 Å². The van der Waals surface area contributed by atoms with E-state index < -0.39 is 11.2 Å². The molecule has 0 saturated heterocycles. The Labute approximate surface area is 178 Å². The maximum atomic E-state index is 13.5. The molecule has 3 heterocycles. The number of aromatic amines is 1. The molecule has 0 amide bonds. The minimum Gasteiger partial charge on any atom is -0.611 e. The average molecular weight is 417 g/mol. The van der Waals surface area contributed by atoms with Crippen molar-refractivity contribution in [1.29, 1.82) is 0 Å².